The van der Waals surface area contributed by atoms with Crippen molar-refractivity contribution in [1.29, 1.82) is 0 Å². The topological polar surface area (TPSA) is 61.6 Å². The predicted molar refractivity (Wildman–Crippen MR) is 77.4 cm³/mol. The maximum atomic E-state index is 10.3. The smallest absolute Gasteiger partial charge is 0.342 e. The number of anilines is 1. The molecule has 0 saturated heterocycles. The van der Waals surface area contributed by atoms with Gasteiger partial charge in [0.1, 0.15) is 0 Å². The summed E-state index contributed by atoms with van der Waals surface area (Å²) in [5, 5.41) is 0. The molecular weight excluding hydrogens is 242 g/mol. The van der Waals surface area contributed by atoms with Crippen LogP contribution in [0.15, 0.2) is 24.3 Å². The standard InChI is InChI=1S/C10H15N.C5H10O3/c1-8(2)6-9-4-3-5-10(11)7-9;1-3-4-5(6)8-7-2/h3-5,7-8H,6,11H2,1-2H3;3-4H2,1-2H3. The first-order valence-electron chi connectivity index (χ1n) is 6.57. The molecule has 4 nitrogen and oxygen atoms in total. The van der Waals surface area contributed by atoms with Gasteiger partial charge >= 0.3 is 5.97 Å². The molecule has 0 atom stereocenters. The molecule has 19 heavy (non-hydrogen) atoms. The van der Waals surface area contributed by atoms with Crippen LogP contribution < -0.4 is 5.73 Å². The van der Waals surface area contributed by atoms with Crippen molar-refractivity contribution in [2.75, 3.05) is 12.8 Å². The maximum Gasteiger partial charge on any atom is 0.342 e. The third kappa shape index (κ3) is 10.1. The van der Waals surface area contributed by atoms with E-state index in [-0.39, 0.29) is 5.97 Å². The van der Waals surface area contributed by atoms with Gasteiger partial charge in [-0.2, -0.15) is 4.89 Å². The van der Waals surface area contributed by atoms with Crippen LogP contribution in [0, 0.1) is 5.92 Å². The normalized spacial score (nSPS) is 9.74. The SMILES string of the molecule is CC(C)Cc1cccc(N)c1.CCCC(=O)OOC. The molecule has 0 unspecified atom stereocenters. The molecule has 2 N–H and O–H groups in total. The summed E-state index contributed by atoms with van der Waals surface area (Å²) in [6.07, 6.45) is 2.33. The largest absolute Gasteiger partial charge is 0.399 e. The van der Waals surface area contributed by atoms with Gasteiger partial charge in [0, 0.05) is 12.1 Å². The Kier molecular flexibility index (Phi) is 9.53. The van der Waals surface area contributed by atoms with Crippen LogP contribution in [0.3, 0.4) is 0 Å². The van der Waals surface area contributed by atoms with Gasteiger partial charge in [-0.1, -0.05) is 32.9 Å². The second-order valence-electron chi connectivity index (χ2n) is 4.72. The van der Waals surface area contributed by atoms with Crippen LogP contribution >= 0.6 is 0 Å². The number of hydrogen-bond acceptors (Lipinski definition) is 4. The Balaban J connectivity index is 0.000000362. The monoisotopic (exact) mass is 267 g/mol. The molecule has 1 aromatic rings. The Morgan fingerprint density at radius 1 is 1.37 bits per heavy atom. The summed E-state index contributed by atoms with van der Waals surface area (Å²) in [6.45, 7) is 6.32. The van der Waals surface area contributed by atoms with E-state index in [0.717, 1.165) is 18.5 Å². The van der Waals surface area contributed by atoms with Gasteiger partial charge in [0.25, 0.3) is 0 Å². The van der Waals surface area contributed by atoms with Gasteiger partial charge in [-0.25, -0.2) is 4.79 Å². The van der Waals surface area contributed by atoms with E-state index in [1.165, 1.54) is 12.7 Å². The molecule has 0 fully saturated rings. The van der Waals surface area contributed by atoms with Crippen molar-refractivity contribution in [1.82, 2.24) is 0 Å². The Labute approximate surface area is 115 Å². The van der Waals surface area contributed by atoms with Crippen LogP contribution in [-0.2, 0) is 21.0 Å². The van der Waals surface area contributed by atoms with Crippen molar-refractivity contribution in [3.63, 3.8) is 0 Å². The summed E-state index contributed by atoms with van der Waals surface area (Å²) in [4.78, 5) is 18.5. The summed E-state index contributed by atoms with van der Waals surface area (Å²) in [5.41, 5.74) is 7.83. The number of nitrogens with two attached hydrogens (primary N) is 1. The molecule has 108 valence electrons. The second kappa shape index (κ2) is 10.4. The number of rotatable bonds is 5. The Bertz CT molecular complexity index is 356. The highest BCUT2D eigenvalue weighted by Gasteiger charge is 1.97. The van der Waals surface area contributed by atoms with Gasteiger partial charge < -0.3 is 5.73 Å². The molecule has 0 spiro atoms. The maximum absolute atomic E-state index is 10.3. The van der Waals surface area contributed by atoms with Crippen molar-refractivity contribution in [3.8, 4) is 0 Å². The van der Waals surface area contributed by atoms with Gasteiger partial charge in [0.15, 0.2) is 0 Å². The van der Waals surface area contributed by atoms with Crippen molar-refractivity contribution < 1.29 is 14.6 Å². The third-order valence-corrected chi connectivity index (χ3v) is 2.23. The molecule has 1 rings (SSSR count). The number of nitrogen functional groups attached to an aromatic ring is 1. The first-order valence-corrected chi connectivity index (χ1v) is 6.57. The molecule has 0 radical (unpaired) electrons. The van der Waals surface area contributed by atoms with Gasteiger partial charge in [-0.05, 0) is 36.5 Å². The zero-order chi connectivity index (χ0) is 14.7. The Morgan fingerprint density at radius 2 is 2.05 bits per heavy atom. The van der Waals surface area contributed by atoms with Crippen LogP contribution in [-0.4, -0.2) is 13.1 Å². The fourth-order valence-electron chi connectivity index (χ4n) is 1.53. The third-order valence-electron chi connectivity index (χ3n) is 2.23. The summed E-state index contributed by atoms with van der Waals surface area (Å²) >= 11 is 0. The van der Waals surface area contributed by atoms with Crippen molar-refractivity contribution in [2.24, 2.45) is 5.92 Å². The van der Waals surface area contributed by atoms with E-state index in [9.17, 15) is 4.79 Å². The van der Waals surface area contributed by atoms with E-state index < -0.39 is 0 Å². The minimum atomic E-state index is -0.310. The molecule has 0 aromatic heterocycles. The molecule has 0 saturated carbocycles. The van der Waals surface area contributed by atoms with Gasteiger partial charge in [0.2, 0.25) is 0 Å². The zero-order valence-electron chi connectivity index (χ0n) is 12.3. The van der Waals surface area contributed by atoms with E-state index in [4.69, 9.17) is 5.73 Å². The van der Waals surface area contributed by atoms with Gasteiger partial charge in [0.05, 0.1) is 7.11 Å². The first kappa shape index (κ1) is 17.4. The number of carbonyl (C=O) groups excluding carboxylic acids is 1. The average Bonchev–Trinajstić information content (AvgIpc) is 2.29. The minimum Gasteiger partial charge on any atom is -0.399 e. The molecular formula is C15H25NO3. The van der Waals surface area contributed by atoms with Crippen molar-refractivity contribution in [2.45, 2.75) is 40.0 Å². The molecule has 0 aliphatic carbocycles. The molecule has 0 aliphatic rings. The lowest BCUT2D eigenvalue weighted by Crippen LogP contribution is -2.01. The average molecular weight is 267 g/mol. The van der Waals surface area contributed by atoms with E-state index in [1.54, 1.807) is 0 Å². The second-order valence-corrected chi connectivity index (χ2v) is 4.72. The predicted octanol–water partition coefficient (Wildman–Crippen LogP) is 3.36. The Morgan fingerprint density at radius 3 is 2.53 bits per heavy atom. The fourth-order valence-corrected chi connectivity index (χ4v) is 1.53. The van der Waals surface area contributed by atoms with Gasteiger partial charge in [-0.3, -0.25) is 4.89 Å². The quantitative estimate of drug-likeness (QED) is 0.505. The van der Waals surface area contributed by atoms with Crippen molar-refractivity contribution >= 4 is 11.7 Å². The van der Waals surface area contributed by atoms with Crippen LogP contribution in [0.1, 0.15) is 39.2 Å². The van der Waals surface area contributed by atoms with E-state index >= 15 is 0 Å². The fraction of sp³-hybridized carbons (Fsp3) is 0.533. The highest BCUT2D eigenvalue weighted by molar-refractivity contribution is 5.68. The Hall–Kier alpha value is -1.55. The lowest BCUT2D eigenvalue weighted by atomic mass is 10.0. The molecule has 0 aliphatic heterocycles. The highest BCUT2D eigenvalue weighted by Crippen LogP contribution is 2.10. The lowest BCUT2D eigenvalue weighted by Gasteiger charge is -2.04. The molecule has 0 heterocycles. The zero-order valence-corrected chi connectivity index (χ0v) is 12.3. The van der Waals surface area contributed by atoms with Crippen LogP contribution in [0.2, 0.25) is 0 Å². The first-order chi connectivity index (χ1) is 8.99. The minimum absolute atomic E-state index is 0.310. The van der Waals surface area contributed by atoms with E-state index in [0.29, 0.717) is 12.3 Å². The number of benzene rings is 1. The van der Waals surface area contributed by atoms with Crippen LogP contribution in [0.25, 0.3) is 0 Å². The van der Waals surface area contributed by atoms with Crippen molar-refractivity contribution in [3.05, 3.63) is 29.8 Å². The van der Waals surface area contributed by atoms with Gasteiger partial charge in [-0.15, -0.1) is 0 Å². The van der Waals surface area contributed by atoms with E-state index in [1.807, 2.05) is 25.1 Å². The lowest BCUT2D eigenvalue weighted by molar-refractivity contribution is -0.254. The summed E-state index contributed by atoms with van der Waals surface area (Å²) in [5.74, 6) is 0.395. The summed E-state index contributed by atoms with van der Waals surface area (Å²) < 4.78 is 0. The van der Waals surface area contributed by atoms with Crippen LogP contribution in [0.4, 0.5) is 5.69 Å². The molecule has 0 amide bonds. The highest BCUT2D eigenvalue weighted by atomic mass is 17.2. The molecule has 1 aromatic carbocycles. The van der Waals surface area contributed by atoms with Crippen LogP contribution in [0.5, 0.6) is 0 Å². The van der Waals surface area contributed by atoms with E-state index in [2.05, 4.69) is 29.7 Å². The number of carbonyl (C=O) groups is 1. The summed E-state index contributed by atoms with van der Waals surface area (Å²) in [6, 6.07) is 8.09. The number of hydrogen-bond donors (Lipinski definition) is 1. The molecule has 4 heteroatoms. The summed E-state index contributed by atoms with van der Waals surface area (Å²) in [7, 11) is 1.31. The molecule has 0 bridgehead atoms.